The number of nitrogens with zero attached hydrogens (tertiary/aromatic N) is 1. The van der Waals surface area contributed by atoms with Gasteiger partial charge in [-0.3, -0.25) is 9.78 Å². The van der Waals surface area contributed by atoms with Crippen LogP contribution in [0.2, 0.25) is 0 Å². The predicted molar refractivity (Wildman–Crippen MR) is 63.2 cm³/mol. The number of amides is 1. The summed E-state index contributed by atoms with van der Waals surface area (Å²) in [5.74, 6) is -0.737. The molecule has 0 unspecified atom stereocenters. The highest BCUT2D eigenvalue weighted by Gasteiger charge is 2.33. The predicted octanol–water partition coefficient (Wildman–Crippen LogP) is 2.87. The fourth-order valence-corrected chi connectivity index (χ4v) is 1.70. The van der Waals surface area contributed by atoms with Gasteiger partial charge in [0.05, 0.1) is 11.1 Å². The van der Waals surface area contributed by atoms with E-state index >= 15 is 0 Å². The smallest absolute Gasteiger partial charge is 0.366 e. The third-order valence-corrected chi connectivity index (χ3v) is 2.57. The number of rotatable bonds is 2. The van der Waals surface area contributed by atoms with E-state index < -0.39 is 17.6 Å². The second-order valence-electron chi connectivity index (χ2n) is 3.87. The third-order valence-electron chi connectivity index (χ3n) is 2.57. The largest absolute Gasteiger partial charge is 0.417 e. The summed E-state index contributed by atoms with van der Waals surface area (Å²) >= 11 is 0. The average Bonchev–Trinajstić information content (AvgIpc) is 2.38. The first-order valence-electron chi connectivity index (χ1n) is 5.31. The molecule has 0 bridgehead atoms. The number of halogens is 3. The van der Waals surface area contributed by atoms with E-state index in [1.807, 2.05) is 0 Å². The van der Waals surface area contributed by atoms with Crippen LogP contribution in [0, 0.1) is 0 Å². The Kier molecular flexibility index (Phi) is 3.25. The zero-order valence-corrected chi connectivity index (χ0v) is 9.61. The first kappa shape index (κ1) is 13.1. The lowest BCUT2D eigenvalue weighted by molar-refractivity contribution is -0.137. The number of aromatic nitrogens is 1. The van der Waals surface area contributed by atoms with E-state index in [9.17, 15) is 18.0 Å². The molecular formula is C13H9F3N2O. The molecule has 1 amide bonds. The first-order chi connectivity index (χ1) is 8.89. The molecular weight excluding hydrogens is 257 g/mol. The van der Waals surface area contributed by atoms with Gasteiger partial charge in [0.2, 0.25) is 5.91 Å². The van der Waals surface area contributed by atoms with Crippen LogP contribution in [0.5, 0.6) is 0 Å². The summed E-state index contributed by atoms with van der Waals surface area (Å²) in [5, 5.41) is 0. The monoisotopic (exact) mass is 266 g/mol. The summed E-state index contributed by atoms with van der Waals surface area (Å²) in [6.45, 7) is 0. The molecule has 0 aliphatic heterocycles. The van der Waals surface area contributed by atoms with Crippen molar-refractivity contribution in [1.82, 2.24) is 4.98 Å². The molecule has 1 heterocycles. The van der Waals surface area contributed by atoms with Crippen molar-refractivity contribution in [3.8, 4) is 11.1 Å². The summed E-state index contributed by atoms with van der Waals surface area (Å²) < 4.78 is 38.6. The molecule has 19 heavy (non-hydrogen) atoms. The van der Waals surface area contributed by atoms with Crippen molar-refractivity contribution in [2.75, 3.05) is 0 Å². The Morgan fingerprint density at radius 2 is 1.84 bits per heavy atom. The van der Waals surface area contributed by atoms with Gasteiger partial charge in [-0.25, -0.2) is 0 Å². The summed E-state index contributed by atoms with van der Waals surface area (Å²) in [7, 11) is 0. The molecule has 0 aliphatic carbocycles. The summed E-state index contributed by atoms with van der Waals surface area (Å²) in [5.41, 5.74) is 4.53. The fourth-order valence-electron chi connectivity index (χ4n) is 1.70. The zero-order chi connectivity index (χ0) is 14.0. The third kappa shape index (κ3) is 2.73. The van der Waals surface area contributed by atoms with E-state index in [-0.39, 0.29) is 16.7 Å². The Labute approximate surface area is 106 Å². The molecule has 0 spiro atoms. The Hall–Kier alpha value is -2.37. The molecule has 0 saturated carbocycles. The molecule has 3 nitrogen and oxygen atoms in total. The van der Waals surface area contributed by atoms with Gasteiger partial charge in [0, 0.05) is 18.0 Å². The summed E-state index contributed by atoms with van der Waals surface area (Å²) in [6, 6.07) is 6.38. The van der Waals surface area contributed by atoms with Crippen molar-refractivity contribution in [3.63, 3.8) is 0 Å². The van der Waals surface area contributed by atoms with Crippen LogP contribution in [0.15, 0.2) is 42.7 Å². The Morgan fingerprint density at radius 3 is 2.47 bits per heavy atom. The van der Waals surface area contributed by atoms with E-state index in [4.69, 9.17) is 5.73 Å². The van der Waals surface area contributed by atoms with E-state index in [1.165, 1.54) is 36.7 Å². The minimum atomic E-state index is -4.47. The van der Waals surface area contributed by atoms with Crippen LogP contribution in [0.3, 0.4) is 0 Å². The van der Waals surface area contributed by atoms with Crippen molar-refractivity contribution in [2.24, 2.45) is 5.73 Å². The lowest BCUT2D eigenvalue weighted by atomic mass is 9.99. The average molecular weight is 266 g/mol. The second-order valence-corrected chi connectivity index (χ2v) is 3.87. The molecule has 0 radical (unpaired) electrons. The number of carbonyl (C=O) groups is 1. The number of pyridine rings is 1. The van der Waals surface area contributed by atoms with Crippen molar-refractivity contribution in [1.29, 1.82) is 0 Å². The quantitative estimate of drug-likeness (QED) is 0.908. The molecule has 0 saturated heterocycles. The molecule has 98 valence electrons. The lowest BCUT2D eigenvalue weighted by Crippen LogP contribution is -2.11. The molecule has 6 heteroatoms. The van der Waals surface area contributed by atoms with Crippen molar-refractivity contribution >= 4 is 5.91 Å². The standard InChI is InChI=1S/C13H9F3N2O/c14-13(15,16)11-4-2-1-3-10(11)8-5-9(12(17)19)7-18-6-8/h1-7H,(H2,17,19). The minimum Gasteiger partial charge on any atom is -0.366 e. The Bertz CT molecular complexity index is 623. The molecule has 2 N–H and O–H groups in total. The summed E-state index contributed by atoms with van der Waals surface area (Å²) in [6.07, 6.45) is -2.00. The van der Waals surface area contributed by atoms with E-state index in [0.29, 0.717) is 0 Å². The Balaban J connectivity index is 2.60. The van der Waals surface area contributed by atoms with Crippen molar-refractivity contribution in [3.05, 3.63) is 53.9 Å². The van der Waals surface area contributed by atoms with Crippen LogP contribution in [0.25, 0.3) is 11.1 Å². The second kappa shape index (κ2) is 4.72. The highest BCUT2D eigenvalue weighted by molar-refractivity contribution is 5.93. The maximum Gasteiger partial charge on any atom is 0.417 e. The van der Waals surface area contributed by atoms with E-state index in [0.717, 1.165) is 6.07 Å². The normalized spacial score (nSPS) is 11.3. The van der Waals surface area contributed by atoms with Crippen molar-refractivity contribution < 1.29 is 18.0 Å². The van der Waals surface area contributed by atoms with Gasteiger partial charge < -0.3 is 5.73 Å². The highest BCUT2D eigenvalue weighted by Crippen LogP contribution is 2.36. The van der Waals surface area contributed by atoms with Gasteiger partial charge in [-0.2, -0.15) is 13.2 Å². The number of alkyl halides is 3. The minimum absolute atomic E-state index is 0.0365. The van der Waals surface area contributed by atoms with Gasteiger partial charge in [0.25, 0.3) is 0 Å². The van der Waals surface area contributed by atoms with Crippen LogP contribution >= 0.6 is 0 Å². The molecule has 0 atom stereocenters. The van der Waals surface area contributed by atoms with Crippen molar-refractivity contribution in [2.45, 2.75) is 6.18 Å². The van der Waals surface area contributed by atoms with Gasteiger partial charge in [-0.05, 0) is 17.7 Å². The van der Waals surface area contributed by atoms with Crippen LogP contribution in [0.4, 0.5) is 13.2 Å². The zero-order valence-electron chi connectivity index (χ0n) is 9.61. The molecule has 1 aromatic heterocycles. The fraction of sp³-hybridized carbons (Fsp3) is 0.0769. The maximum absolute atomic E-state index is 12.9. The molecule has 0 fully saturated rings. The van der Waals surface area contributed by atoms with E-state index in [2.05, 4.69) is 4.98 Å². The number of primary amides is 1. The number of hydrogen-bond acceptors (Lipinski definition) is 2. The molecule has 2 aromatic rings. The van der Waals surface area contributed by atoms with Gasteiger partial charge in [-0.15, -0.1) is 0 Å². The SMILES string of the molecule is NC(=O)c1cncc(-c2ccccc2C(F)(F)F)c1. The lowest BCUT2D eigenvalue weighted by Gasteiger charge is -2.12. The highest BCUT2D eigenvalue weighted by atomic mass is 19.4. The number of nitrogens with two attached hydrogens (primary N) is 1. The van der Waals surface area contributed by atoms with Crippen LogP contribution in [-0.2, 0) is 6.18 Å². The topological polar surface area (TPSA) is 56.0 Å². The van der Waals surface area contributed by atoms with Gasteiger partial charge in [-0.1, -0.05) is 18.2 Å². The number of benzene rings is 1. The molecule has 0 aliphatic rings. The molecule has 1 aromatic carbocycles. The van der Waals surface area contributed by atoms with Gasteiger partial charge >= 0.3 is 6.18 Å². The summed E-state index contributed by atoms with van der Waals surface area (Å²) in [4.78, 5) is 14.8. The van der Waals surface area contributed by atoms with Crippen LogP contribution in [0.1, 0.15) is 15.9 Å². The Morgan fingerprint density at radius 1 is 1.16 bits per heavy atom. The van der Waals surface area contributed by atoms with Gasteiger partial charge in [0.15, 0.2) is 0 Å². The van der Waals surface area contributed by atoms with Crippen LogP contribution in [-0.4, -0.2) is 10.9 Å². The number of hydrogen-bond donors (Lipinski definition) is 1. The first-order valence-corrected chi connectivity index (χ1v) is 5.31. The molecule has 2 rings (SSSR count). The number of carbonyl (C=O) groups excluding carboxylic acids is 1. The van der Waals surface area contributed by atoms with Gasteiger partial charge in [0.1, 0.15) is 0 Å². The van der Waals surface area contributed by atoms with E-state index in [1.54, 1.807) is 0 Å². The maximum atomic E-state index is 12.9. The van der Waals surface area contributed by atoms with Crippen LogP contribution < -0.4 is 5.73 Å².